The van der Waals surface area contributed by atoms with Crippen molar-refractivity contribution in [1.29, 1.82) is 0 Å². The molecule has 0 aliphatic carbocycles. The zero-order valence-corrected chi connectivity index (χ0v) is 14.0. The molecular weight excluding hydrogens is 351 g/mol. The van der Waals surface area contributed by atoms with Crippen LogP contribution in [0.5, 0.6) is 0 Å². The molecule has 6 nitrogen and oxygen atoms in total. The number of aryl methyl sites for hydroxylation is 1. The Hall–Kier alpha value is -2.57. The van der Waals surface area contributed by atoms with Gasteiger partial charge in [-0.3, -0.25) is 4.79 Å². The molecule has 0 aliphatic heterocycles. The number of hydrogen-bond acceptors (Lipinski definition) is 5. The third kappa shape index (κ3) is 3.67. The van der Waals surface area contributed by atoms with E-state index in [1.54, 1.807) is 42.6 Å². The molecular formula is C16H12Cl2N4O2. The maximum Gasteiger partial charge on any atom is 0.258 e. The molecule has 0 saturated heterocycles. The Labute approximate surface area is 147 Å². The minimum Gasteiger partial charge on any atom is -0.338 e. The average Bonchev–Trinajstić information content (AvgIpc) is 2.92. The van der Waals surface area contributed by atoms with E-state index in [0.29, 0.717) is 17.4 Å². The fraction of sp³-hybridized carbons (Fsp3) is 0.0625. The quantitative estimate of drug-likeness (QED) is 0.704. The second-order valence-electron chi connectivity index (χ2n) is 4.94. The van der Waals surface area contributed by atoms with Gasteiger partial charge in [0.25, 0.3) is 5.91 Å². The number of amides is 1. The Morgan fingerprint density at radius 3 is 2.58 bits per heavy atom. The molecule has 2 aromatic heterocycles. The van der Waals surface area contributed by atoms with E-state index < -0.39 is 5.91 Å². The van der Waals surface area contributed by atoms with Crippen molar-refractivity contribution in [2.75, 3.05) is 10.6 Å². The summed E-state index contributed by atoms with van der Waals surface area (Å²) in [6, 6.07) is 9.92. The molecule has 3 rings (SSSR count). The van der Waals surface area contributed by atoms with Gasteiger partial charge >= 0.3 is 0 Å². The molecule has 24 heavy (non-hydrogen) atoms. The van der Waals surface area contributed by atoms with Gasteiger partial charge in [0.15, 0.2) is 0 Å². The summed E-state index contributed by atoms with van der Waals surface area (Å²) >= 11 is 12.1. The van der Waals surface area contributed by atoms with Gasteiger partial charge in [0.05, 0.1) is 21.3 Å². The van der Waals surface area contributed by atoms with E-state index in [0.717, 1.165) is 5.69 Å². The van der Waals surface area contributed by atoms with Crippen LogP contribution in [0.4, 0.5) is 17.4 Å². The standard InChI is InChI=1S/C16H12Cl2N4O2/c1-9-7-14(24-22-9)21-13-8-10(5-6-19-13)20-16(23)15-11(17)3-2-4-12(15)18/h2-8H,1H3,(H2,19,20,21,23). The highest BCUT2D eigenvalue weighted by molar-refractivity contribution is 6.40. The lowest BCUT2D eigenvalue weighted by Gasteiger charge is -2.09. The predicted octanol–water partition coefficient (Wildman–Crippen LogP) is 4.68. The highest BCUT2D eigenvalue weighted by Gasteiger charge is 2.15. The van der Waals surface area contributed by atoms with Crippen LogP contribution >= 0.6 is 23.2 Å². The molecule has 0 fully saturated rings. The number of pyridine rings is 1. The first-order valence-corrected chi connectivity index (χ1v) is 7.70. The molecule has 2 heterocycles. The largest absolute Gasteiger partial charge is 0.338 e. The summed E-state index contributed by atoms with van der Waals surface area (Å²) in [5.74, 6) is 0.546. The van der Waals surface area contributed by atoms with Crippen molar-refractivity contribution in [2.45, 2.75) is 6.92 Å². The summed E-state index contributed by atoms with van der Waals surface area (Å²) in [5, 5.41) is 10.0. The molecule has 3 aromatic rings. The second kappa shape index (κ2) is 6.90. The molecule has 1 amide bonds. The Bertz CT molecular complexity index is 875. The van der Waals surface area contributed by atoms with Crippen LogP contribution < -0.4 is 10.6 Å². The summed E-state index contributed by atoms with van der Waals surface area (Å²) in [4.78, 5) is 16.5. The van der Waals surface area contributed by atoms with Crippen molar-refractivity contribution in [3.05, 3.63) is 63.9 Å². The lowest BCUT2D eigenvalue weighted by molar-refractivity contribution is 0.102. The first kappa shape index (κ1) is 16.3. The molecule has 0 bridgehead atoms. The molecule has 8 heteroatoms. The van der Waals surface area contributed by atoms with Crippen LogP contribution in [0.25, 0.3) is 0 Å². The topological polar surface area (TPSA) is 80.0 Å². The Morgan fingerprint density at radius 2 is 1.92 bits per heavy atom. The second-order valence-corrected chi connectivity index (χ2v) is 5.75. The number of carbonyl (C=O) groups is 1. The van der Waals surface area contributed by atoms with E-state index in [4.69, 9.17) is 27.7 Å². The number of nitrogens with one attached hydrogen (secondary N) is 2. The molecule has 0 aliphatic rings. The highest BCUT2D eigenvalue weighted by Crippen LogP contribution is 2.26. The van der Waals surface area contributed by atoms with Crippen molar-refractivity contribution in [3.63, 3.8) is 0 Å². The van der Waals surface area contributed by atoms with Crippen LogP contribution in [0.3, 0.4) is 0 Å². The molecule has 122 valence electrons. The third-order valence-electron chi connectivity index (χ3n) is 3.09. The van der Waals surface area contributed by atoms with Crippen molar-refractivity contribution in [2.24, 2.45) is 0 Å². The number of halogens is 2. The number of aromatic nitrogens is 2. The number of anilines is 3. The number of nitrogens with zero attached hydrogens (tertiary/aromatic N) is 2. The van der Waals surface area contributed by atoms with E-state index in [2.05, 4.69) is 20.8 Å². The molecule has 0 spiro atoms. The Balaban J connectivity index is 1.78. The van der Waals surface area contributed by atoms with Crippen molar-refractivity contribution >= 4 is 46.5 Å². The van der Waals surface area contributed by atoms with Gasteiger partial charge < -0.3 is 15.2 Å². The fourth-order valence-corrected chi connectivity index (χ4v) is 2.60. The van der Waals surface area contributed by atoms with Crippen LogP contribution in [0, 0.1) is 6.92 Å². The number of benzene rings is 1. The van der Waals surface area contributed by atoms with Crippen LogP contribution in [-0.4, -0.2) is 16.0 Å². The maximum atomic E-state index is 12.4. The van der Waals surface area contributed by atoms with Crippen LogP contribution in [-0.2, 0) is 0 Å². The van der Waals surface area contributed by atoms with Gasteiger partial charge in [-0.25, -0.2) is 4.98 Å². The lowest BCUT2D eigenvalue weighted by Crippen LogP contribution is -2.13. The lowest BCUT2D eigenvalue weighted by atomic mass is 10.2. The third-order valence-corrected chi connectivity index (χ3v) is 3.72. The van der Waals surface area contributed by atoms with Crippen molar-refractivity contribution in [1.82, 2.24) is 10.1 Å². The zero-order valence-electron chi connectivity index (χ0n) is 12.5. The number of rotatable bonds is 4. The van der Waals surface area contributed by atoms with E-state index in [1.807, 2.05) is 6.92 Å². The van der Waals surface area contributed by atoms with Gasteiger partial charge in [-0.05, 0) is 25.1 Å². The molecule has 0 saturated carbocycles. The molecule has 0 unspecified atom stereocenters. The van der Waals surface area contributed by atoms with E-state index in [9.17, 15) is 4.79 Å². The minimum atomic E-state index is -0.404. The van der Waals surface area contributed by atoms with E-state index in [-0.39, 0.29) is 15.6 Å². The monoisotopic (exact) mass is 362 g/mol. The predicted molar refractivity (Wildman–Crippen MR) is 93.2 cm³/mol. The summed E-state index contributed by atoms with van der Waals surface area (Å²) in [5.41, 5.74) is 1.50. The summed E-state index contributed by atoms with van der Waals surface area (Å²) in [6.07, 6.45) is 1.55. The maximum absolute atomic E-state index is 12.4. The Kier molecular flexibility index (Phi) is 4.69. The van der Waals surface area contributed by atoms with Crippen LogP contribution in [0.2, 0.25) is 10.0 Å². The van der Waals surface area contributed by atoms with Gasteiger partial charge in [-0.1, -0.05) is 34.4 Å². The van der Waals surface area contributed by atoms with Gasteiger partial charge in [-0.2, -0.15) is 0 Å². The van der Waals surface area contributed by atoms with Gasteiger partial charge in [0.2, 0.25) is 5.88 Å². The van der Waals surface area contributed by atoms with Crippen molar-refractivity contribution in [3.8, 4) is 0 Å². The van der Waals surface area contributed by atoms with E-state index >= 15 is 0 Å². The fourth-order valence-electron chi connectivity index (χ4n) is 2.03. The van der Waals surface area contributed by atoms with Gasteiger partial charge in [0, 0.05) is 24.0 Å². The smallest absolute Gasteiger partial charge is 0.258 e. The van der Waals surface area contributed by atoms with Crippen molar-refractivity contribution < 1.29 is 9.32 Å². The van der Waals surface area contributed by atoms with Gasteiger partial charge in [0.1, 0.15) is 5.82 Å². The minimum absolute atomic E-state index is 0.220. The molecule has 1 aromatic carbocycles. The van der Waals surface area contributed by atoms with E-state index in [1.165, 1.54) is 0 Å². The number of carbonyl (C=O) groups excluding carboxylic acids is 1. The Morgan fingerprint density at radius 1 is 1.17 bits per heavy atom. The molecule has 0 atom stereocenters. The first-order valence-electron chi connectivity index (χ1n) is 6.94. The summed E-state index contributed by atoms with van der Waals surface area (Å²) < 4.78 is 5.07. The average molecular weight is 363 g/mol. The molecule has 0 radical (unpaired) electrons. The summed E-state index contributed by atoms with van der Waals surface area (Å²) in [6.45, 7) is 1.81. The highest BCUT2D eigenvalue weighted by atomic mass is 35.5. The van der Waals surface area contributed by atoms with Crippen LogP contribution in [0.1, 0.15) is 16.1 Å². The number of hydrogen-bond donors (Lipinski definition) is 2. The first-order chi connectivity index (χ1) is 11.5. The van der Waals surface area contributed by atoms with Gasteiger partial charge in [-0.15, -0.1) is 0 Å². The SMILES string of the molecule is Cc1cc(Nc2cc(NC(=O)c3c(Cl)cccc3Cl)ccn2)on1. The zero-order chi connectivity index (χ0) is 17.1. The summed E-state index contributed by atoms with van der Waals surface area (Å²) in [7, 11) is 0. The normalized spacial score (nSPS) is 10.5. The van der Waals surface area contributed by atoms with Crippen LogP contribution in [0.15, 0.2) is 47.1 Å². The molecule has 2 N–H and O–H groups in total.